The van der Waals surface area contributed by atoms with Crippen molar-refractivity contribution >= 4 is 75.9 Å². The molecule has 0 saturated carbocycles. The number of hydrogen-bond donors (Lipinski definition) is 15. The summed E-state index contributed by atoms with van der Waals surface area (Å²) in [7, 11) is 0. The van der Waals surface area contributed by atoms with Gasteiger partial charge in [0.15, 0.2) is 6.04 Å². The van der Waals surface area contributed by atoms with Crippen LogP contribution in [0.2, 0.25) is 0 Å². The number of aromatic nitrogens is 1. The molecule has 18 N–H and O–H groups in total. The topological polar surface area (TPSA) is 450 Å². The highest BCUT2D eigenvalue weighted by Gasteiger charge is 2.40. The number of para-hydroxylation sites is 1. The number of H-pyrrole nitrogens is 1. The standard InChI is InChI=1S/C50H70N12O15/c1-25(2)19-34(47(73)61-42(26(3)64)50(76)77)59-48(74)38-9-6-18-62(38)49(75)36(20-27-10-12-29(65)13-11-27)56-41(68)23-55-44(70)37(24-63)60-46(72)35(21-28-22-54-32-8-5-4-7-30(28)32)58-45(71)33(15-17-40(53)67)57-43(69)31(51)14-16-39(52)66/h4-5,7-8,10-13,22,25-26,31,33-38,42,54,63-65H,6,9,14-21,23-24,51H2,1-3H3,(H2,52,66)(H2,53,67)(H,55,70)(H,56,68)(H,57,69)(H,58,71)(H,59,74)(H,60,72)(H,61,73)(H,76,77)/t26-,31+,33+,34+,35+,36+,37+,38+,42+/m1/s1. The summed E-state index contributed by atoms with van der Waals surface area (Å²) in [5, 5.41) is 57.4. The third-order valence-corrected chi connectivity index (χ3v) is 12.6. The number of nitrogens with two attached hydrogens (primary N) is 3. The van der Waals surface area contributed by atoms with Gasteiger partial charge < -0.3 is 84.7 Å². The van der Waals surface area contributed by atoms with Crippen LogP contribution in [0, 0.1) is 5.92 Å². The summed E-state index contributed by atoms with van der Waals surface area (Å²) in [6, 6.07) is 1.18. The van der Waals surface area contributed by atoms with Crippen molar-refractivity contribution in [2.75, 3.05) is 19.7 Å². The lowest BCUT2D eigenvalue weighted by Crippen LogP contribution is -2.59. The number of rotatable bonds is 30. The number of aliphatic hydroxyl groups is 2. The lowest BCUT2D eigenvalue weighted by atomic mass is 10.0. The first-order chi connectivity index (χ1) is 36.4. The lowest BCUT2D eigenvalue weighted by Gasteiger charge is -2.30. The number of nitrogens with zero attached hydrogens (tertiary/aromatic N) is 1. The quantitative estimate of drug-likeness (QED) is 0.0303. The number of nitrogens with one attached hydrogen (secondary N) is 8. The molecular formula is C50H70N12O15. The van der Waals surface area contributed by atoms with Gasteiger partial charge in [-0.05, 0) is 74.3 Å². The number of likely N-dealkylation sites (tertiary alicyclic amines) is 1. The summed E-state index contributed by atoms with van der Waals surface area (Å²) in [6.45, 7) is 2.92. The van der Waals surface area contributed by atoms with Gasteiger partial charge in [-0.25, -0.2) is 4.79 Å². The molecule has 77 heavy (non-hydrogen) atoms. The summed E-state index contributed by atoms with van der Waals surface area (Å²) in [6.07, 6.45) is -0.863. The number of aromatic hydroxyl groups is 1. The highest BCUT2D eigenvalue weighted by atomic mass is 16.4. The second kappa shape index (κ2) is 29.2. The van der Waals surface area contributed by atoms with Crippen molar-refractivity contribution in [1.82, 2.24) is 47.1 Å². The van der Waals surface area contributed by atoms with Crippen LogP contribution in [0.5, 0.6) is 5.75 Å². The van der Waals surface area contributed by atoms with Gasteiger partial charge in [-0.15, -0.1) is 0 Å². The van der Waals surface area contributed by atoms with Crippen molar-refractivity contribution in [1.29, 1.82) is 0 Å². The maximum absolute atomic E-state index is 14.4. The van der Waals surface area contributed by atoms with E-state index in [-0.39, 0.29) is 69.6 Å². The molecule has 3 aromatic rings. The van der Waals surface area contributed by atoms with Crippen molar-refractivity contribution < 1.29 is 73.2 Å². The predicted octanol–water partition coefficient (Wildman–Crippen LogP) is -3.96. The number of carboxylic acids is 1. The van der Waals surface area contributed by atoms with E-state index in [4.69, 9.17) is 17.2 Å². The van der Waals surface area contributed by atoms with Crippen LogP contribution in [0.25, 0.3) is 10.9 Å². The third kappa shape index (κ3) is 18.9. The van der Waals surface area contributed by atoms with Crippen molar-refractivity contribution in [2.45, 2.75) is 133 Å². The Morgan fingerprint density at radius 1 is 0.714 bits per heavy atom. The van der Waals surface area contributed by atoms with Gasteiger partial charge in [-0.1, -0.05) is 44.2 Å². The molecule has 4 rings (SSSR count). The molecule has 1 fully saturated rings. The van der Waals surface area contributed by atoms with Gasteiger partial charge in [0.1, 0.15) is 42.0 Å². The van der Waals surface area contributed by atoms with Gasteiger partial charge in [0.2, 0.25) is 59.1 Å². The molecule has 2 heterocycles. The van der Waals surface area contributed by atoms with E-state index in [9.17, 15) is 73.2 Å². The molecule has 1 aromatic heterocycles. The number of phenolic OH excluding ortho intramolecular Hbond substituents is 1. The fourth-order valence-electron chi connectivity index (χ4n) is 8.45. The minimum absolute atomic E-state index is 0.0502. The molecule has 420 valence electrons. The van der Waals surface area contributed by atoms with Crippen LogP contribution in [0.15, 0.2) is 54.7 Å². The van der Waals surface area contributed by atoms with Crippen molar-refractivity contribution in [3.05, 3.63) is 65.9 Å². The first-order valence-electron chi connectivity index (χ1n) is 24.9. The predicted molar refractivity (Wildman–Crippen MR) is 274 cm³/mol. The summed E-state index contributed by atoms with van der Waals surface area (Å²) >= 11 is 0. The van der Waals surface area contributed by atoms with Gasteiger partial charge in [0.25, 0.3) is 0 Å². The number of phenols is 1. The molecule has 9 atom stereocenters. The van der Waals surface area contributed by atoms with Crippen LogP contribution in [0.4, 0.5) is 0 Å². The SMILES string of the molecule is CC(C)C[C@H](NC(=O)[C@@H]1CCCN1C(=O)[C@H](Cc1ccc(O)cc1)NC(=O)CNC(=O)[C@H](CO)NC(=O)[C@H](Cc1c[nH]c2ccccc12)NC(=O)[C@H](CCC(N)=O)NC(=O)[C@@H](N)CCC(N)=O)C(=O)N[C@H](C(=O)O)[C@@H](C)O. The summed E-state index contributed by atoms with van der Waals surface area (Å²) in [5.41, 5.74) is 18.1. The molecule has 0 aliphatic carbocycles. The molecule has 27 nitrogen and oxygen atoms in total. The van der Waals surface area contributed by atoms with E-state index in [0.29, 0.717) is 28.5 Å². The Morgan fingerprint density at radius 3 is 1.95 bits per heavy atom. The first-order valence-corrected chi connectivity index (χ1v) is 24.9. The summed E-state index contributed by atoms with van der Waals surface area (Å²) in [5.74, 6) is -10.5. The molecule has 0 unspecified atom stereocenters. The average Bonchev–Trinajstić information content (AvgIpc) is 4.04. The van der Waals surface area contributed by atoms with Crippen LogP contribution in [0.3, 0.4) is 0 Å². The lowest BCUT2D eigenvalue weighted by molar-refractivity contribution is -0.145. The van der Waals surface area contributed by atoms with Crippen LogP contribution >= 0.6 is 0 Å². The number of carbonyl (C=O) groups is 11. The van der Waals surface area contributed by atoms with Crippen LogP contribution in [-0.4, -0.2) is 169 Å². The van der Waals surface area contributed by atoms with E-state index in [2.05, 4.69) is 42.2 Å². The van der Waals surface area contributed by atoms with Crippen LogP contribution in [-0.2, 0) is 65.6 Å². The molecular weight excluding hydrogens is 1010 g/mol. The number of carboxylic acid groups (broad SMARTS) is 1. The van der Waals surface area contributed by atoms with E-state index in [1.54, 1.807) is 44.3 Å². The summed E-state index contributed by atoms with van der Waals surface area (Å²) in [4.78, 5) is 149. The number of fused-ring (bicyclic) bond motifs is 1. The molecule has 10 amide bonds. The number of carbonyl (C=O) groups excluding carboxylic acids is 10. The van der Waals surface area contributed by atoms with Crippen LogP contribution in [0.1, 0.15) is 76.8 Å². The molecule has 1 aliphatic heterocycles. The molecule has 27 heteroatoms. The molecule has 1 aliphatic rings. The number of aliphatic hydroxyl groups excluding tert-OH is 2. The maximum atomic E-state index is 14.4. The van der Waals surface area contributed by atoms with Gasteiger partial charge >= 0.3 is 5.97 Å². The monoisotopic (exact) mass is 1080 g/mol. The molecule has 2 aromatic carbocycles. The number of aliphatic carboxylic acids is 1. The van der Waals surface area contributed by atoms with Crippen molar-refractivity contribution in [3.8, 4) is 5.75 Å². The smallest absolute Gasteiger partial charge is 0.328 e. The number of benzene rings is 2. The minimum atomic E-state index is -1.74. The van der Waals surface area contributed by atoms with E-state index < -0.39 is 133 Å². The van der Waals surface area contributed by atoms with Crippen LogP contribution < -0.4 is 54.4 Å². The third-order valence-electron chi connectivity index (χ3n) is 12.6. The number of primary amides is 2. The molecule has 0 spiro atoms. The highest BCUT2D eigenvalue weighted by Crippen LogP contribution is 2.22. The van der Waals surface area contributed by atoms with Gasteiger partial charge in [0, 0.05) is 49.3 Å². The Balaban J connectivity index is 1.51. The zero-order valence-electron chi connectivity index (χ0n) is 42.9. The van der Waals surface area contributed by atoms with Gasteiger partial charge in [0.05, 0.1) is 25.3 Å². The maximum Gasteiger partial charge on any atom is 0.328 e. The number of amides is 10. The van der Waals surface area contributed by atoms with Gasteiger partial charge in [-0.3, -0.25) is 47.9 Å². The largest absolute Gasteiger partial charge is 0.508 e. The van der Waals surface area contributed by atoms with Gasteiger partial charge in [-0.2, -0.15) is 0 Å². The fraction of sp³-hybridized carbons (Fsp3) is 0.500. The Hall–Kier alpha value is -8.17. The van der Waals surface area contributed by atoms with E-state index in [1.807, 2.05) is 0 Å². The molecule has 1 saturated heterocycles. The van der Waals surface area contributed by atoms with E-state index >= 15 is 0 Å². The number of hydrogen-bond acceptors (Lipinski definition) is 15. The average molecular weight is 1080 g/mol. The minimum Gasteiger partial charge on any atom is -0.508 e. The number of aromatic amines is 1. The zero-order chi connectivity index (χ0) is 57.1. The van der Waals surface area contributed by atoms with E-state index in [0.717, 1.165) is 0 Å². The van der Waals surface area contributed by atoms with E-state index in [1.165, 1.54) is 36.1 Å². The molecule has 0 bridgehead atoms. The second-order valence-corrected chi connectivity index (χ2v) is 19.2. The van der Waals surface area contributed by atoms with Crippen molar-refractivity contribution in [2.24, 2.45) is 23.1 Å². The Kier molecular flexibility index (Phi) is 23.3. The normalized spacial score (nSPS) is 16.3. The Labute approximate surface area is 442 Å². The zero-order valence-corrected chi connectivity index (χ0v) is 42.9. The Bertz CT molecular complexity index is 2610. The first kappa shape index (κ1) is 61.4. The highest BCUT2D eigenvalue weighted by molar-refractivity contribution is 5.98. The molecule has 0 radical (unpaired) electrons. The Morgan fingerprint density at radius 2 is 1.32 bits per heavy atom. The second-order valence-electron chi connectivity index (χ2n) is 19.2. The fourth-order valence-corrected chi connectivity index (χ4v) is 8.45. The summed E-state index contributed by atoms with van der Waals surface area (Å²) < 4.78 is 0. The van der Waals surface area contributed by atoms with Crippen molar-refractivity contribution in [3.63, 3.8) is 0 Å².